The molecule has 0 radical (unpaired) electrons. The number of nitrogens with one attached hydrogen (secondary N) is 1. The average Bonchev–Trinajstić information content (AvgIpc) is 2.64. The van der Waals surface area contributed by atoms with Crippen molar-refractivity contribution in [2.75, 3.05) is 0 Å². The monoisotopic (exact) mass is 252 g/mol. The minimum atomic E-state index is 0.195. The van der Waals surface area contributed by atoms with Crippen molar-refractivity contribution < 1.29 is 4.79 Å². The van der Waals surface area contributed by atoms with E-state index in [1.54, 1.807) is 0 Å². The largest absolute Gasteiger partial charge is 0.352 e. The molecule has 0 aliphatic heterocycles. The highest BCUT2D eigenvalue weighted by atomic mass is 16.1. The van der Waals surface area contributed by atoms with Crippen LogP contribution in [-0.4, -0.2) is 18.0 Å². The first-order valence-electron chi connectivity index (χ1n) is 7.32. The summed E-state index contributed by atoms with van der Waals surface area (Å²) in [4.78, 5) is 12.1. The molecule has 2 atom stereocenters. The predicted molar refractivity (Wildman–Crippen MR) is 74.0 cm³/mol. The fourth-order valence-corrected chi connectivity index (χ4v) is 3.51. The SMILES string of the molecule is CC1(C)C(NC(=O)CC2CCCCC2N)C1(C)C. The topological polar surface area (TPSA) is 55.1 Å². The Bertz CT molecular complexity index is 321. The molecule has 0 saturated heterocycles. The standard InChI is InChI=1S/C15H28N2O/c1-14(2)13(15(14,3)4)17-12(18)9-10-7-5-6-8-11(10)16/h10-11,13H,5-9,16H2,1-4H3,(H,17,18). The second-order valence-corrected chi connectivity index (χ2v) is 7.36. The van der Waals surface area contributed by atoms with Crippen LogP contribution in [0.25, 0.3) is 0 Å². The van der Waals surface area contributed by atoms with Crippen molar-refractivity contribution in [3.8, 4) is 0 Å². The highest BCUT2D eigenvalue weighted by Crippen LogP contribution is 2.62. The summed E-state index contributed by atoms with van der Waals surface area (Å²) in [5, 5.41) is 3.21. The zero-order valence-electron chi connectivity index (χ0n) is 12.3. The van der Waals surface area contributed by atoms with Gasteiger partial charge in [-0.1, -0.05) is 40.5 Å². The Morgan fingerprint density at radius 1 is 1.17 bits per heavy atom. The Morgan fingerprint density at radius 3 is 2.22 bits per heavy atom. The molecule has 2 saturated carbocycles. The molecule has 0 aromatic heterocycles. The van der Waals surface area contributed by atoms with E-state index >= 15 is 0 Å². The highest BCUT2D eigenvalue weighted by Gasteiger charge is 2.65. The summed E-state index contributed by atoms with van der Waals surface area (Å²) in [6, 6.07) is 0.544. The lowest BCUT2D eigenvalue weighted by Crippen LogP contribution is -2.38. The summed E-state index contributed by atoms with van der Waals surface area (Å²) in [7, 11) is 0. The van der Waals surface area contributed by atoms with E-state index in [1.807, 2.05) is 0 Å². The van der Waals surface area contributed by atoms with E-state index in [2.05, 4.69) is 33.0 Å². The number of rotatable bonds is 3. The molecule has 3 N–H and O–H groups in total. The third kappa shape index (κ3) is 2.29. The molecule has 0 bridgehead atoms. The van der Waals surface area contributed by atoms with Gasteiger partial charge in [0, 0.05) is 18.5 Å². The van der Waals surface area contributed by atoms with Gasteiger partial charge in [0.2, 0.25) is 5.91 Å². The molecule has 1 amide bonds. The molecule has 3 heteroatoms. The van der Waals surface area contributed by atoms with Crippen LogP contribution in [0.2, 0.25) is 0 Å². The Morgan fingerprint density at radius 2 is 1.72 bits per heavy atom. The van der Waals surface area contributed by atoms with Crippen molar-refractivity contribution in [1.82, 2.24) is 5.32 Å². The van der Waals surface area contributed by atoms with Gasteiger partial charge in [-0.25, -0.2) is 0 Å². The van der Waals surface area contributed by atoms with Gasteiger partial charge in [-0.2, -0.15) is 0 Å². The van der Waals surface area contributed by atoms with E-state index in [0.717, 1.165) is 12.8 Å². The smallest absolute Gasteiger partial charge is 0.220 e. The van der Waals surface area contributed by atoms with Gasteiger partial charge >= 0.3 is 0 Å². The third-order valence-electron chi connectivity index (χ3n) is 5.74. The molecule has 0 aromatic rings. The Labute approximate surface area is 111 Å². The van der Waals surface area contributed by atoms with Crippen LogP contribution >= 0.6 is 0 Å². The number of hydrogen-bond donors (Lipinski definition) is 2. The van der Waals surface area contributed by atoms with Crippen LogP contribution in [0.15, 0.2) is 0 Å². The lowest BCUT2D eigenvalue weighted by atomic mass is 9.83. The van der Waals surface area contributed by atoms with Crippen molar-refractivity contribution in [3.63, 3.8) is 0 Å². The Hall–Kier alpha value is -0.570. The minimum absolute atomic E-state index is 0.195. The van der Waals surface area contributed by atoms with Gasteiger partial charge in [0.15, 0.2) is 0 Å². The lowest BCUT2D eigenvalue weighted by Gasteiger charge is -2.28. The maximum Gasteiger partial charge on any atom is 0.220 e. The molecular weight excluding hydrogens is 224 g/mol. The van der Waals surface area contributed by atoms with Gasteiger partial charge in [-0.05, 0) is 29.6 Å². The van der Waals surface area contributed by atoms with E-state index in [-0.39, 0.29) is 22.8 Å². The number of amides is 1. The first-order valence-corrected chi connectivity index (χ1v) is 7.32. The van der Waals surface area contributed by atoms with E-state index < -0.39 is 0 Å². The highest BCUT2D eigenvalue weighted by molar-refractivity contribution is 5.77. The fourth-order valence-electron chi connectivity index (χ4n) is 3.51. The summed E-state index contributed by atoms with van der Waals surface area (Å²) in [5.41, 5.74) is 6.54. The molecule has 0 aromatic carbocycles. The number of carbonyl (C=O) groups excluding carboxylic acids is 1. The zero-order valence-corrected chi connectivity index (χ0v) is 12.3. The normalized spacial score (nSPS) is 34.1. The average molecular weight is 252 g/mol. The Balaban J connectivity index is 1.83. The van der Waals surface area contributed by atoms with Crippen LogP contribution < -0.4 is 11.1 Å². The van der Waals surface area contributed by atoms with E-state index in [9.17, 15) is 4.79 Å². The van der Waals surface area contributed by atoms with Gasteiger partial charge in [-0.3, -0.25) is 4.79 Å². The Kier molecular flexibility index (Phi) is 3.48. The van der Waals surface area contributed by atoms with Crippen LogP contribution in [-0.2, 0) is 4.79 Å². The first-order chi connectivity index (χ1) is 8.26. The van der Waals surface area contributed by atoms with Crippen molar-refractivity contribution in [1.29, 1.82) is 0 Å². The molecule has 18 heavy (non-hydrogen) atoms. The molecule has 2 aliphatic rings. The minimum Gasteiger partial charge on any atom is -0.352 e. The van der Waals surface area contributed by atoms with Gasteiger partial charge in [0.1, 0.15) is 0 Å². The van der Waals surface area contributed by atoms with Crippen LogP contribution in [0.3, 0.4) is 0 Å². The lowest BCUT2D eigenvalue weighted by molar-refractivity contribution is -0.122. The number of hydrogen-bond acceptors (Lipinski definition) is 2. The van der Waals surface area contributed by atoms with E-state index in [4.69, 9.17) is 5.73 Å². The molecule has 2 aliphatic carbocycles. The number of carbonyl (C=O) groups is 1. The van der Waals surface area contributed by atoms with Crippen LogP contribution in [0.1, 0.15) is 59.8 Å². The van der Waals surface area contributed by atoms with Crippen molar-refractivity contribution in [2.24, 2.45) is 22.5 Å². The second kappa shape index (κ2) is 4.52. The van der Waals surface area contributed by atoms with Crippen LogP contribution in [0, 0.1) is 16.7 Å². The summed E-state index contributed by atoms with van der Waals surface area (Å²) in [6.07, 6.45) is 5.27. The van der Waals surface area contributed by atoms with Gasteiger partial charge < -0.3 is 11.1 Å². The summed E-state index contributed by atoms with van der Waals surface area (Å²) in [5.74, 6) is 0.588. The molecule has 2 unspecified atom stereocenters. The van der Waals surface area contributed by atoms with Crippen molar-refractivity contribution in [2.45, 2.75) is 71.9 Å². The summed E-state index contributed by atoms with van der Waals surface area (Å²) >= 11 is 0. The molecule has 0 spiro atoms. The molecule has 2 rings (SSSR count). The van der Waals surface area contributed by atoms with Crippen LogP contribution in [0.4, 0.5) is 0 Å². The predicted octanol–water partition coefficient (Wildman–Crippen LogP) is 2.44. The van der Waals surface area contributed by atoms with Crippen molar-refractivity contribution >= 4 is 5.91 Å². The van der Waals surface area contributed by atoms with Gasteiger partial charge in [0.05, 0.1) is 0 Å². The fraction of sp³-hybridized carbons (Fsp3) is 0.933. The quantitative estimate of drug-likeness (QED) is 0.810. The zero-order chi connectivity index (χ0) is 13.6. The molecule has 0 heterocycles. The summed E-state index contributed by atoms with van der Waals surface area (Å²) in [6.45, 7) is 8.91. The van der Waals surface area contributed by atoms with E-state index in [1.165, 1.54) is 12.8 Å². The van der Waals surface area contributed by atoms with E-state index in [0.29, 0.717) is 18.4 Å². The van der Waals surface area contributed by atoms with Gasteiger partial charge in [-0.15, -0.1) is 0 Å². The first kappa shape index (κ1) is 13.9. The molecular formula is C15H28N2O. The molecule has 104 valence electrons. The van der Waals surface area contributed by atoms with Crippen LogP contribution in [0.5, 0.6) is 0 Å². The van der Waals surface area contributed by atoms with Gasteiger partial charge in [0.25, 0.3) is 0 Å². The maximum atomic E-state index is 12.1. The molecule has 3 nitrogen and oxygen atoms in total. The second-order valence-electron chi connectivity index (χ2n) is 7.36. The maximum absolute atomic E-state index is 12.1. The van der Waals surface area contributed by atoms with Crippen molar-refractivity contribution in [3.05, 3.63) is 0 Å². The molecule has 2 fully saturated rings. The number of nitrogens with two attached hydrogens (primary N) is 1. The summed E-state index contributed by atoms with van der Waals surface area (Å²) < 4.78 is 0. The third-order valence-corrected chi connectivity index (χ3v) is 5.74.